The third-order valence-electron chi connectivity index (χ3n) is 3.64. The second-order valence-electron chi connectivity index (χ2n) is 5.23. The molecule has 0 spiro atoms. The predicted molar refractivity (Wildman–Crippen MR) is 81.1 cm³/mol. The molecule has 116 valence electrons. The van der Waals surface area contributed by atoms with Gasteiger partial charge >= 0.3 is 0 Å². The Morgan fingerprint density at radius 2 is 1.65 bits per heavy atom. The van der Waals surface area contributed by atoms with Gasteiger partial charge in [0.15, 0.2) is 0 Å². The minimum absolute atomic E-state index is 0.187. The lowest BCUT2D eigenvalue weighted by molar-refractivity contribution is 0.0660. The lowest BCUT2D eigenvalue weighted by Gasteiger charge is -2.12. The van der Waals surface area contributed by atoms with Crippen LogP contribution in [0.1, 0.15) is 26.3 Å². The molecule has 0 unspecified atom stereocenters. The molecule has 0 fully saturated rings. The van der Waals surface area contributed by atoms with Crippen LogP contribution < -0.4 is 0 Å². The van der Waals surface area contributed by atoms with Gasteiger partial charge in [-0.3, -0.25) is 14.5 Å². The van der Waals surface area contributed by atoms with Gasteiger partial charge in [0.1, 0.15) is 11.6 Å². The highest BCUT2D eigenvalue weighted by atomic mass is 19.1. The third kappa shape index (κ3) is 3.04. The molecule has 0 aliphatic carbocycles. The van der Waals surface area contributed by atoms with E-state index < -0.39 is 30.0 Å². The number of rotatable bonds is 4. The van der Waals surface area contributed by atoms with Gasteiger partial charge in [-0.1, -0.05) is 24.3 Å². The molecule has 5 heteroatoms. The van der Waals surface area contributed by atoms with E-state index in [4.69, 9.17) is 0 Å². The Bertz CT molecular complexity index is 779. The number of benzene rings is 2. The quantitative estimate of drug-likeness (QED) is 0.810. The maximum Gasteiger partial charge on any atom is 0.261 e. The number of nitrogens with zero attached hydrogens (tertiary/aromatic N) is 1. The van der Waals surface area contributed by atoms with E-state index in [1.54, 1.807) is 36.4 Å². The van der Waals surface area contributed by atoms with Crippen LogP contribution in [0, 0.1) is 5.82 Å². The molecule has 0 aromatic heterocycles. The number of carbonyl (C=O) groups is 2. The first-order valence-corrected chi connectivity index (χ1v) is 7.10. The van der Waals surface area contributed by atoms with Crippen LogP contribution in [0.4, 0.5) is 8.78 Å². The zero-order valence-corrected chi connectivity index (χ0v) is 12.1. The summed E-state index contributed by atoms with van der Waals surface area (Å²) in [6.07, 6.45) is 1.44. The number of amides is 2. The van der Waals surface area contributed by atoms with Crippen LogP contribution >= 0.6 is 0 Å². The van der Waals surface area contributed by atoms with Crippen molar-refractivity contribution >= 4 is 11.8 Å². The Morgan fingerprint density at radius 3 is 2.26 bits per heavy atom. The Kier molecular flexibility index (Phi) is 4.02. The monoisotopic (exact) mass is 313 g/mol. The van der Waals surface area contributed by atoms with Crippen LogP contribution in [0.3, 0.4) is 0 Å². The molecule has 0 N–H and O–H groups in total. The summed E-state index contributed by atoms with van der Waals surface area (Å²) in [5.41, 5.74) is 1.19. The van der Waals surface area contributed by atoms with Gasteiger partial charge in [-0.05, 0) is 42.3 Å². The zero-order valence-electron chi connectivity index (χ0n) is 12.1. The summed E-state index contributed by atoms with van der Waals surface area (Å²) in [5, 5.41) is 0. The molecular weight excluding hydrogens is 300 g/mol. The standard InChI is InChI=1S/C18H13F2NO2/c19-13-5-3-4-12(10-13)8-9-14(20)11-21-17(22)15-6-1-2-7-16(15)18(21)23/h1-7,9-10H,8,11H2. The van der Waals surface area contributed by atoms with E-state index in [1.165, 1.54) is 18.2 Å². The fraction of sp³-hybridized carbons (Fsp3) is 0.111. The lowest BCUT2D eigenvalue weighted by atomic mass is 10.1. The van der Waals surface area contributed by atoms with Gasteiger partial charge in [0, 0.05) is 0 Å². The second kappa shape index (κ2) is 6.12. The maximum absolute atomic E-state index is 14.0. The number of fused-ring (bicyclic) bond motifs is 1. The molecule has 0 bridgehead atoms. The first-order chi connectivity index (χ1) is 11.1. The summed E-state index contributed by atoms with van der Waals surface area (Å²) in [5.74, 6) is -2.00. The summed E-state index contributed by atoms with van der Waals surface area (Å²) in [7, 11) is 0. The molecule has 0 radical (unpaired) electrons. The Hall–Kier alpha value is -2.82. The number of carbonyl (C=O) groups excluding carboxylic acids is 2. The van der Waals surface area contributed by atoms with Crippen molar-refractivity contribution in [1.29, 1.82) is 0 Å². The first kappa shape index (κ1) is 15.1. The van der Waals surface area contributed by atoms with Crippen LogP contribution in [0.15, 0.2) is 60.4 Å². The maximum atomic E-state index is 14.0. The highest BCUT2D eigenvalue weighted by Gasteiger charge is 2.35. The van der Waals surface area contributed by atoms with E-state index in [0.717, 1.165) is 4.90 Å². The van der Waals surface area contributed by atoms with Crippen LogP contribution in [-0.4, -0.2) is 23.3 Å². The molecule has 23 heavy (non-hydrogen) atoms. The van der Waals surface area contributed by atoms with E-state index in [-0.39, 0.29) is 17.5 Å². The summed E-state index contributed by atoms with van der Waals surface area (Å²) in [6.45, 7) is -0.415. The lowest BCUT2D eigenvalue weighted by Crippen LogP contribution is -2.31. The molecule has 2 amide bonds. The largest absolute Gasteiger partial charge is 0.269 e. The summed E-state index contributed by atoms with van der Waals surface area (Å²) in [6, 6.07) is 12.2. The predicted octanol–water partition coefficient (Wildman–Crippen LogP) is 3.52. The van der Waals surface area contributed by atoms with Gasteiger partial charge in [0.2, 0.25) is 0 Å². The molecular formula is C18H13F2NO2. The minimum Gasteiger partial charge on any atom is -0.269 e. The molecule has 0 atom stereocenters. The summed E-state index contributed by atoms with van der Waals surface area (Å²) in [4.78, 5) is 25.1. The van der Waals surface area contributed by atoms with E-state index >= 15 is 0 Å². The zero-order chi connectivity index (χ0) is 16.4. The molecule has 1 aliphatic heterocycles. The molecule has 3 nitrogen and oxygen atoms in total. The normalized spacial score (nSPS) is 14.3. The third-order valence-corrected chi connectivity index (χ3v) is 3.64. The van der Waals surface area contributed by atoms with E-state index in [2.05, 4.69) is 0 Å². The fourth-order valence-electron chi connectivity index (χ4n) is 2.49. The van der Waals surface area contributed by atoms with Gasteiger partial charge in [-0.2, -0.15) is 0 Å². The first-order valence-electron chi connectivity index (χ1n) is 7.10. The Labute approximate surface area is 131 Å². The second-order valence-corrected chi connectivity index (χ2v) is 5.23. The average molecular weight is 313 g/mol. The number of allylic oxidation sites excluding steroid dienone is 1. The minimum atomic E-state index is -0.608. The van der Waals surface area contributed by atoms with Crippen molar-refractivity contribution in [3.05, 3.63) is 82.9 Å². The number of hydrogen-bond acceptors (Lipinski definition) is 2. The van der Waals surface area contributed by atoms with Gasteiger partial charge in [-0.15, -0.1) is 0 Å². The highest BCUT2D eigenvalue weighted by Crippen LogP contribution is 2.23. The molecule has 2 aromatic rings. The van der Waals surface area contributed by atoms with Gasteiger partial charge in [0.05, 0.1) is 17.7 Å². The molecule has 3 rings (SSSR count). The van der Waals surface area contributed by atoms with Crippen LogP contribution in [0.2, 0.25) is 0 Å². The van der Waals surface area contributed by atoms with E-state index in [0.29, 0.717) is 5.56 Å². The van der Waals surface area contributed by atoms with Gasteiger partial charge in [-0.25, -0.2) is 8.78 Å². The van der Waals surface area contributed by atoms with Crippen molar-refractivity contribution in [3.63, 3.8) is 0 Å². The van der Waals surface area contributed by atoms with Crippen molar-refractivity contribution < 1.29 is 18.4 Å². The molecule has 2 aromatic carbocycles. The van der Waals surface area contributed by atoms with Crippen LogP contribution in [0.25, 0.3) is 0 Å². The van der Waals surface area contributed by atoms with Gasteiger partial charge in [0.25, 0.3) is 11.8 Å². The SMILES string of the molecule is O=C1c2ccccc2C(=O)N1CC(F)=CCc1cccc(F)c1. The average Bonchev–Trinajstić information content (AvgIpc) is 2.79. The number of hydrogen-bond donors (Lipinski definition) is 0. The molecule has 1 heterocycles. The molecule has 1 aliphatic rings. The van der Waals surface area contributed by atoms with Crippen molar-refractivity contribution in [1.82, 2.24) is 4.90 Å². The topological polar surface area (TPSA) is 37.4 Å². The number of imide groups is 1. The van der Waals surface area contributed by atoms with Crippen molar-refractivity contribution in [3.8, 4) is 0 Å². The highest BCUT2D eigenvalue weighted by molar-refractivity contribution is 6.21. The van der Waals surface area contributed by atoms with E-state index in [1.807, 2.05) is 0 Å². The van der Waals surface area contributed by atoms with Crippen molar-refractivity contribution in [2.45, 2.75) is 6.42 Å². The molecule has 0 saturated heterocycles. The Balaban J connectivity index is 1.71. The molecule has 0 saturated carbocycles. The smallest absolute Gasteiger partial charge is 0.261 e. The van der Waals surface area contributed by atoms with E-state index in [9.17, 15) is 18.4 Å². The van der Waals surface area contributed by atoms with Crippen molar-refractivity contribution in [2.75, 3.05) is 6.54 Å². The number of halogens is 2. The Morgan fingerprint density at radius 1 is 1.00 bits per heavy atom. The van der Waals surface area contributed by atoms with Gasteiger partial charge < -0.3 is 0 Å². The summed E-state index contributed by atoms with van der Waals surface area (Å²) >= 11 is 0. The van der Waals surface area contributed by atoms with Crippen LogP contribution in [-0.2, 0) is 6.42 Å². The fourth-order valence-corrected chi connectivity index (χ4v) is 2.49. The van der Waals surface area contributed by atoms with Crippen LogP contribution in [0.5, 0.6) is 0 Å². The summed E-state index contributed by atoms with van der Waals surface area (Å²) < 4.78 is 27.1. The van der Waals surface area contributed by atoms with Crippen molar-refractivity contribution in [2.24, 2.45) is 0 Å².